The van der Waals surface area contributed by atoms with Crippen molar-refractivity contribution in [3.63, 3.8) is 0 Å². The van der Waals surface area contributed by atoms with Crippen LogP contribution in [0.1, 0.15) is 37.7 Å². The molecule has 1 aliphatic carbocycles. The average Bonchev–Trinajstić information content (AvgIpc) is 2.98. The Bertz CT molecular complexity index is 951. The first-order valence-corrected chi connectivity index (χ1v) is 12.4. The Kier molecular flexibility index (Phi) is 6.02. The molecule has 0 radical (unpaired) electrons. The topological polar surface area (TPSA) is 107 Å². The number of hydrogen-bond acceptors (Lipinski definition) is 5. The average molecular weight is 449 g/mol. The van der Waals surface area contributed by atoms with Crippen molar-refractivity contribution in [2.45, 2.75) is 43.4 Å². The van der Waals surface area contributed by atoms with Gasteiger partial charge in [0.15, 0.2) is 0 Å². The van der Waals surface area contributed by atoms with Gasteiger partial charge in [-0.15, -0.1) is 0 Å². The van der Waals surface area contributed by atoms with Gasteiger partial charge in [-0.25, -0.2) is 13.2 Å². The van der Waals surface area contributed by atoms with E-state index >= 15 is 0 Å². The van der Waals surface area contributed by atoms with Gasteiger partial charge in [-0.1, -0.05) is 49.6 Å². The number of nitrogens with one attached hydrogen (secondary N) is 1. The summed E-state index contributed by atoms with van der Waals surface area (Å²) in [5.74, 6) is -0.724. The maximum atomic E-state index is 12.9. The summed E-state index contributed by atoms with van der Waals surface area (Å²) >= 11 is 0. The van der Waals surface area contributed by atoms with Crippen molar-refractivity contribution in [3.05, 3.63) is 35.9 Å². The Morgan fingerprint density at radius 3 is 2.26 bits per heavy atom. The molecular formula is C21H28N4O5S. The van der Waals surface area contributed by atoms with Gasteiger partial charge < -0.3 is 10.2 Å². The lowest BCUT2D eigenvalue weighted by molar-refractivity contribution is -0.140. The quantitative estimate of drug-likeness (QED) is 0.674. The third kappa shape index (κ3) is 4.45. The van der Waals surface area contributed by atoms with Crippen molar-refractivity contribution in [3.8, 4) is 0 Å². The lowest BCUT2D eigenvalue weighted by atomic mass is 9.82. The van der Waals surface area contributed by atoms with Crippen LogP contribution >= 0.6 is 0 Å². The molecule has 9 nitrogen and oxygen atoms in total. The third-order valence-electron chi connectivity index (χ3n) is 6.42. The summed E-state index contributed by atoms with van der Waals surface area (Å²) in [6.45, 7) is 0.572. The normalized spacial score (nSPS) is 22.1. The molecule has 4 amide bonds. The van der Waals surface area contributed by atoms with E-state index in [9.17, 15) is 22.8 Å². The molecule has 168 valence electrons. The number of piperazine rings is 1. The molecule has 2 heterocycles. The lowest BCUT2D eigenvalue weighted by Crippen LogP contribution is -2.53. The molecule has 1 aromatic rings. The van der Waals surface area contributed by atoms with Crippen LogP contribution in [0.25, 0.3) is 0 Å². The highest BCUT2D eigenvalue weighted by atomic mass is 32.2. The first-order chi connectivity index (χ1) is 14.8. The van der Waals surface area contributed by atoms with E-state index in [-0.39, 0.29) is 50.3 Å². The number of imide groups is 1. The van der Waals surface area contributed by atoms with Crippen molar-refractivity contribution in [1.29, 1.82) is 0 Å². The zero-order valence-electron chi connectivity index (χ0n) is 17.5. The zero-order valence-corrected chi connectivity index (χ0v) is 18.3. The van der Waals surface area contributed by atoms with Gasteiger partial charge in [-0.2, -0.15) is 4.31 Å². The number of amides is 4. The van der Waals surface area contributed by atoms with Crippen molar-refractivity contribution < 1.29 is 22.8 Å². The van der Waals surface area contributed by atoms with Crippen LogP contribution in [-0.4, -0.2) is 78.6 Å². The van der Waals surface area contributed by atoms with E-state index in [2.05, 4.69) is 5.32 Å². The zero-order chi connectivity index (χ0) is 22.1. The number of hydrogen-bond donors (Lipinski definition) is 1. The molecular weight excluding hydrogens is 420 g/mol. The largest absolute Gasteiger partial charge is 0.338 e. The van der Waals surface area contributed by atoms with Crippen LogP contribution in [-0.2, 0) is 25.4 Å². The fourth-order valence-electron chi connectivity index (χ4n) is 4.64. The predicted octanol–water partition coefficient (Wildman–Crippen LogP) is 0.915. The third-order valence-corrected chi connectivity index (χ3v) is 8.27. The van der Waals surface area contributed by atoms with Crippen LogP contribution in [0.4, 0.5) is 4.79 Å². The van der Waals surface area contributed by atoms with E-state index in [0.717, 1.165) is 29.7 Å². The van der Waals surface area contributed by atoms with E-state index < -0.39 is 21.6 Å². The minimum Gasteiger partial charge on any atom is -0.338 e. The highest BCUT2D eigenvalue weighted by molar-refractivity contribution is 7.88. The molecule has 0 aromatic heterocycles. The minimum absolute atomic E-state index is 0.0771. The molecule has 3 aliphatic rings. The number of carbonyl (C=O) groups excluding carboxylic acids is 3. The van der Waals surface area contributed by atoms with E-state index in [1.54, 1.807) is 24.3 Å². The summed E-state index contributed by atoms with van der Waals surface area (Å²) in [4.78, 5) is 40.5. The van der Waals surface area contributed by atoms with Gasteiger partial charge in [0.1, 0.15) is 12.1 Å². The Balaban J connectivity index is 1.32. The summed E-state index contributed by atoms with van der Waals surface area (Å²) < 4.78 is 26.8. The van der Waals surface area contributed by atoms with E-state index in [0.29, 0.717) is 12.8 Å². The fraction of sp³-hybridized carbons (Fsp3) is 0.571. The maximum Gasteiger partial charge on any atom is 0.325 e. The molecule has 1 spiro atoms. The molecule has 3 fully saturated rings. The van der Waals surface area contributed by atoms with Crippen LogP contribution in [0.15, 0.2) is 30.3 Å². The highest BCUT2D eigenvalue weighted by Gasteiger charge is 2.51. The van der Waals surface area contributed by atoms with Crippen molar-refractivity contribution in [1.82, 2.24) is 19.4 Å². The van der Waals surface area contributed by atoms with E-state index in [1.165, 1.54) is 9.21 Å². The smallest absolute Gasteiger partial charge is 0.325 e. The Labute approximate surface area is 182 Å². The molecule has 0 atom stereocenters. The molecule has 2 saturated heterocycles. The van der Waals surface area contributed by atoms with E-state index in [4.69, 9.17) is 0 Å². The van der Waals surface area contributed by atoms with Crippen LogP contribution in [0.2, 0.25) is 0 Å². The summed E-state index contributed by atoms with van der Waals surface area (Å²) in [7, 11) is -3.48. The summed E-state index contributed by atoms with van der Waals surface area (Å²) in [5, 5.41) is 2.81. The first kappa shape index (κ1) is 21.8. The van der Waals surface area contributed by atoms with Crippen LogP contribution in [0, 0.1) is 0 Å². The maximum absolute atomic E-state index is 12.9. The van der Waals surface area contributed by atoms with Gasteiger partial charge in [0.25, 0.3) is 5.91 Å². The molecule has 2 aliphatic heterocycles. The lowest BCUT2D eigenvalue weighted by Gasteiger charge is -2.34. The standard InChI is InChI=1S/C21H28N4O5S/c26-18(15-25-19(27)21(22-20(25)28)9-5-2-6-10-21)23-11-13-24(14-12-23)31(29,30)16-17-7-3-1-4-8-17/h1,3-4,7-8H,2,5-6,9-16H2,(H,22,28). The van der Waals surface area contributed by atoms with Gasteiger partial charge >= 0.3 is 6.03 Å². The second-order valence-corrected chi connectivity index (χ2v) is 10.5. The summed E-state index contributed by atoms with van der Waals surface area (Å²) in [5.41, 5.74) is -0.129. The molecule has 1 aromatic carbocycles. The number of urea groups is 1. The fourth-order valence-corrected chi connectivity index (χ4v) is 6.16. The second kappa shape index (κ2) is 8.58. The van der Waals surface area contributed by atoms with Gasteiger partial charge in [-0.05, 0) is 18.4 Å². The molecule has 31 heavy (non-hydrogen) atoms. The molecule has 10 heteroatoms. The Hall–Kier alpha value is -2.46. The Morgan fingerprint density at radius 1 is 0.968 bits per heavy atom. The van der Waals surface area contributed by atoms with Gasteiger partial charge in [0.2, 0.25) is 15.9 Å². The highest BCUT2D eigenvalue weighted by Crippen LogP contribution is 2.33. The minimum atomic E-state index is -3.48. The molecule has 1 N–H and O–H groups in total. The van der Waals surface area contributed by atoms with Crippen LogP contribution < -0.4 is 5.32 Å². The number of rotatable bonds is 5. The number of carbonyl (C=O) groups is 3. The van der Waals surface area contributed by atoms with Crippen LogP contribution in [0.3, 0.4) is 0 Å². The van der Waals surface area contributed by atoms with Crippen LogP contribution in [0.5, 0.6) is 0 Å². The molecule has 1 saturated carbocycles. The summed E-state index contributed by atoms with van der Waals surface area (Å²) in [6.07, 6.45) is 4.03. The van der Waals surface area contributed by atoms with E-state index in [1.807, 2.05) is 6.07 Å². The van der Waals surface area contributed by atoms with Crippen molar-refractivity contribution in [2.75, 3.05) is 32.7 Å². The molecule has 4 rings (SSSR count). The SMILES string of the molecule is O=C(CN1C(=O)NC2(CCCCC2)C1=O)N1CCN(S(=O)(=O)Cc2ccccc2)CC1. The number of sulfonamides is 1. The van der Waals surface area contributed by atoms with Gasteiger partial charge in [0.05, 0.1) is 5.75 Å². The Morgan fingerprint density at radius 2 is 1.61 bits per heavy atom. The van der Waals surface area contributed by atoms with Gasteiger partial charge in [-0.3, -0.25) is 14.5 Å². The predicted molar refractivity (Wildman–Crippen MR) is 113 cm³/mol. The van der Waals surface area contributed by atoms with Gasteiger partial charge in [0, 0.05) is 26.2 Å². The molecule has 0 bridgehead atoms. The first-order valence-electron chi connectivity index (χ1n) is 10.7. The summed E-state index contributed by atoms with van der Waals surface area (Å²) in [6, 6.07) is 8.47. The second-order valence-electron chi connectivity index (χ2n) is 8.49. The number of nitrogens with zero attached hydrogens (tertiary/aromatic N) is 3. The van der Waals surface area contributed by atoms with Crippen molar-refractivity contribution >= 4 is 27.9 Å². The van der Waals surface area contributed by atoms with Crippen molar-refractivity contribution in [2.24, 2.45) is 0 Å². The molecule has 0 unspecified atom stereocenters. The monoisotopic (exact) mass is 448 g/mol. The number of benzene rings is 1.